The Labute approximate surface area is 310 Å². The molecule has 1 aliphatic rings. The lowest BCUT2D eigenvalue weighted by Gasteiger charge is -2.41. The predicted octanol–water partition coefficient (Wildman–Crippen LogP) is 10.4. The molecule has 9 heteroatoms. The quantitative estimate of drug-likeness (QED) is 0.140. The van der Waals surface area contributed by atoms with E-state index in [4.69, 9.17) is 19.2 Å². The van der Waals surface area contributed by atoms with Gasteiger partial charge in [0, 0.05) is 29.6 Å². The van der Waals surface area contributed by atoms with Crippen LogP contribution < -0.4 is 15.4 Å². The third-order valence-corrected chi connectivity index (χ3v) is 15.4. The maximum Gasteiger partial charge on any atom is 0.255 e. The van der Waals surface area contributed by atoms with Crippen molar-refractivity contribution >= 4 is 36.8 Å². The SMILES string of the molecule is COc1ccc(Cn2nc(N[C@H]3CC[C@H](O[Si](C)(C)C(C)(C)C)CC3)c3c(-c4cccc(NC(=O)c5ccc(C(C)(C)C)cc5)c4)ccnc32)cc1. The maximum absolute atomic E-state index is 13.3. The molecule has 0 atom stereocenters. The first kappa shape index (κ1) is 37.3. The van der Waals surface area contributed by atoms with Crippen LogP contribution in [0.25, 0.3) is 22.2 Å². The molecule has 0 unspecified atom stereocenters. The molecule has 1 amide bonds. The number of hydrogen-bond donors (Lipinski definition) is 2. The minimum Gasteiger partial charge on any atom is -0.497 e. The zero-order valence-corrected chi connectivity index (χ0v) is 33.3. The number of anilines is 2. The van der Waals surface area contributed by atoms with E-state index in [0.29, 0.717) is 18.2 Å². The van der Waals surface area contributed by atoms with Crippen molar-refractivity contribution in [1.29, 1.82) is 0 Å². The first-order valence-corrected chi connectivity index (χ1v) is 21.5. The highest BCUT2D eigenvalue weighted by Gasteiger charge is 2.40. The average Bonchev–Trinajstić information content (AvgIpc) is 3.45. The molecule has 8 nitrogen and oxygen atoms in total. The van der Waals surface area contributed by atoms with Crippen LogP contribution in [-0.2, 0) is 16.4 Å². The molecule has 0 spiro atoms. The standard InChI is InChI=1S/C43H55N5O3Si/c1-42(2,3)32-17-15-30(16-18-32)41(49)46-34-12-10-11-31(27-34)37-25-26-44-40-38(37)39(47-48(40)28-29-13-21-35(50-7)22-14-29)45-33-19-23-36(24-20-33)51-52(8,9)43(4,5)6/h10-18,21-22,25-27,33,36H,19-20,23-24,28H2,1-9H3,(H,45,47)(H,46,49)/t33-,36-. The largest absolute Gasteiger partial charge is 0.497 e. The summed E-state index contributed by atoms with van der Waals surface area (Å²) in [4.78, 5) is 18.2. The van der Waals surface area contributed by atoms with Gasteiger partial charge >= 0.3 is 0 Å². The number of pyridine rings is 1. The summed E-state index contributed by atoms with van der Waals surface area (Å²) in [6, 6.07) is 26.3. The van der Waals surface area contributed by atoms with Crippen molar-refractivity contribution in [3.8, 4) is 16.9 Å². The molecule has 3 aromatic carbocycles. The van der Waals surface area contributed by atoms with Gasteiger partial charge in [-0.1, -0.05) is 77.9 Å². The van der Waals surface area contributed by atoms with E-state index >= 15 is 0 Å². The number of aromatic nitrogens is 3. The fraction of sp³-hybridized carbons (Fsp3) is 0.419. The summed E-state index contributed by atoms with van der Waals surface area (Å²) in [5, 5.41) is 13.3. The molecule has 1 saturated carbocycles. The Bertz CT molecular complexity index is 2000. The normalized spacial score (nSPS) is 16.9. The van der Waals surface area contributed by atoms with Crippen LogP contribution in [0.2, 0.25) is 18.1 Å². The number of nitrogens with zero attached hydrogens (tertiary/aromatic N) is 3. The van der Waals surface area contributed by atoms with Gasteiger partial charge in [-0.15, -0.1) is 0 Å². The van der Waals surface area contributed by atoms with E-state index in [1.54, 1.807) is 7.11 Å². The molecule has 2 N–H and O–H groups in total. The molecular weight excluding hydrogens is 663 g/mol. The van der Waals surface area contributed by atoms with Gasteiger partial charge < -0.3 is 19.8 Å². The van der Waals surface area contributed by atoms with Crippen molar-refractivity contribution in [2.24, 2.45) is 0 Å². The molecule has 1 aliphatic carbocycles. The lowest BCUT2D eigenvalue weighted by Crippen LogP contribution is -2.45. The summed E-state index contributed by atoms with van der Waals surface area (Å²) in [6.45, 7) is 18.7. The number of hydrogen-bond acceptors (Lipinski definition) is 6. The van der Waals surface area contributed by atoms with E-state index in [1.807, 2.05) is 71.5 Å². The Morgan fingerprint density at radius 3 is 2.23 bits per heavy atom. The summed E-state index contributed by atoms with van der Waals surface area (Å²) in [5.74, 6) is 1.51. The Hall–Kier alpha value is -4.47. The molecule has 52 heavy (non-hydrogen) atoms. The van der Waals surface area contributed by atoms with Crippen molar-refractivity contribution in [3.63, 3.8) is 0 Å². The minimum atomic E-state index is -1.83. The fourth-order valence-corrected chi connectivity index (χ4v) is 8.08. The van der Waals surface area contributed by atoms with E-state index < -0.39 is 8.32 Å². The molecule has 6 rings (SSSR count). The zero-order chi connectivity index (χ0) is 37.3. The van der Waals surface area contributed by atoms with Gasteiger partial charge in [-0.3, -0.25) is 4.79 Å². The number of fused-ring (bicyclic) bond motifs is 1. The van der Waals surface area contributed by atoms with Crippen LogP contribution in [-0.4, -0.2) is 48.2 Å². The maximum atomic E-state index is 13.3. The first-order chi connectivity index (χ1) is 24.6. The van der Waals surface area contributed by atoms with Gasteiger partial charge in [-0.25, -0.2) is 9.67 Å². The second kappa shape index (κ2) is 14.9. The Morgan fingerprint density at radius 1 is 0.904 bits per heavy atom. The Balaban J connectivity index is 1.29. The molecule has 0 bridgehead atoms. The molecule has 5 aromatic rings. The van der Waals surface area contributed by atoms with Crippen molar-refractivity contribution in [3.05, 3.63) is 102 Å². The monoisotopic (exact) mass is 717 g/mol. The van der Waals surface area contributed by atoms with Crippen LogP contribution in [0.3, 0.4) is 0 Å². The van der Waals surface area contributed by atoms with Gasteiger partial charge in [0.15, 0.2) is 19.8 Å². The van der Waals surface area contributed by atoms with E-state index in [1.165, 1.54) is 5.56 Å². The summed E-state index contributed by atoms with van der Waals surface area (Å²) >= 11 is 0. The molecule has 0 aliphatic heterocycles. The van der Waals surface area contributed by atoms with Crippen molar-refractivity contribution in [2.75, 3.05) is 17.7 Å². The van der Waals surface area contributed by atoms with Gasteiger partial charge in [-0.05, 0) is 114 Å². The number of ether oxygens (including phenoxy) is 1. The van der Waals surface area contributed by atoms with Crippen molar-refractivity contribution in [2.45, 2.75) is 109 Å². The van der Waals surface area contributed by atoms with Crippen LogP contribution in [0.4, 0.5) is 11.5 Å². The summed E-state index contributed by atoms with van der Waals surface area (Å²) in [5.41, 5.74) is 6.46. The van der Waals surface area contributed by atoms with Crippen LogP contribution in [0.1, 0.15) is 88.7 Å². The number of amides is 1. The number of benzene rings is 3. The Morgan fingerprint density at radius 2 is 1.60 bits per heavy atom. The summed E-state index contributed by atoms with van der Waals surface area (Å²) in [6.07, 6.45) is 6.23. The molecule has 0 radical (unpaired) electrons. The highest BCUT2D eigenvalue weighted by Crippen LogP contribution is 2.40. The van der Waals surface area contributed by atoms with Crippen LogP contribution >= 0.6 is 0 Å². The fourth-order valence-electron chi connectivity index (χ4n) is 6.65. The number of carbonyl (C=O) groups excluding carboxylic acids is 1. The molecule has 2 aromatic heterocycles. The molecule has 0 saturated heterocycles. The van der Waals surface area contributed by atoms with Gasteiger partial charge in [0.25, 0.3) is 5.91 Å². The van der Waals surface area contributed by atoms with E-state index in [0.717, 1.165) is 70.7 Å². The topological polar surface area (TPSA) is 90.3 Å². The number of carbonyl (C=O) groups is 1. The number of rotatable bonds is 10. The van der Waals surface area contributed by atoms with Gasteiger partial charge in [0.1, 0.15) is 5.75 Å². The van der Waals surface area contributed by atoms with Crippen LogP contribution in [0.15, 0.2) is 85.1 Å². The molecule has 274 valence electrons. The highest BCUT2D eigenvalue weighted by atomic mass is 28.4. The van der Waals surface area contributed by atoms with Crippen LogP contribution in [0, 0.1) is 0 Å². The smallest absolute Gasteiger partial charge is 0.255 e. The van der Waals surface area contributed by atoms with Gasteiger partial charge in [-0.2, -0.15) is 5.10 Å². The van der Waals surface area contributed by atoms with Crippen molar-refractivity contribution < 1.29 is 14.0 Å². The van der Waals surface area contributed by atoms with Crippen molar-refractivity contribution in [1.82, 2.24) is 14.8 Å². The average molecular weight is 718 g/mol. The third-order valence-electron chi connectivity index (χ3n) is 10.9. The second-order valence-corrected chi connectivity index (χ2v) is 21.5. The number of nitrogens with one attached hydrogen (secondary N) is 2. The Kier molecular flexibility index (Phi) is 10.7. The zero-order valence-electron chi connectivity index (χ0n) is 32.3. The number of methoxy groups -OCH3 is 1. The van der Waals surface area contributed by atoms with E-state index in [9.17, 15) is 4.79 Å². The lowest BCUT2D eigenvalue weighted by molar-refractivity contribution is 0.102. The highest BCUT2D eigenvalue weighted by molar-refractivity contribution is 6.74. The third kappa shape index (κ3) is 8.42. The van der Waals surface area contributed by atoms with E-state index in [2.05, 4.69) is 83.5 Å². The van der Waals surface area contributed by atoms with E-state index in [-0.39, 0.29) is 22.4 Å². The molecule has 2 heterocycles. The lowest BCUT2D eigenvalue weighted by atomic mass is 9.87. The second-order valence-electron chi connectivity index (χ2n) is 16.8. The predicted molar refractivity (Wildman–Crippen MR) is 216 cm³/mol. The summed E-state index contributed by atoms with van der Waals surface area (Å²) < 4.78 is 14.2. The summed E-state index contributed by atoms with van der Waals surface area (Å²) in [7, 11) is -0.154. The minimum absolute atomic E-state index is 0.0217. The molecular formula is C43H55N5O3Si. The van der Waals surface area contributed by atoms with Crippen LogP contribution in [0.5, 0.6) is 5.75 Å². The van der Waals surface area contributed by atoms with Gasteiger partial charge in [0.2, 0.25) is 0 Å². The molecule has 1 fully saturated rings. The van der Waals surface area contributed by atoms with Gasteiger partial charge in [0.05, 0.1) is 19.0 Å². The first-order valence-electron chi connectivity index (χ1n) is 18.6.